The molecule has 4 heteroatoms. The Labute approximate surface area is 135 Å². The first-order valence-corrected chi connectivity index (χ1v) is 7.78. The standard InChI is InChI=1S/C19H20N2O2/c1-13-9-10-16-15(12-13)14(6-5-8-18(22)23-2)19(21-16)17-7-3-4-11-20-17/h3-4,7,9-12,21H,5-6,8H2,1-2H3. The molecule has 0 saturated carbocycles. The second kappa shape index (κ2) is 6.65. The van der Waals surface area contributed by atoms with E-state index in [1.54, 1.807) is 6.20 Å². The molecule has 23 heavy (non-hydrogen) atoms. The Morgan fingerprint density at radius 1 is 1.26 bits per heavy atom. The van der Waals surface area contributed by atoms with Crippen molar-refractivity contribution in [3.05, 3.63) is 53.7 Å². The fourth-order valence-electron chi connectivity index (χ4n) is 2.86. The Balaban J connectivity index is 2.01. The van der Waals surface area contributed by atoms with Gasteiger partial charge in [-0.05, 0) is 49.6 Å². The van der Waals surface area contributed by atoms with E-state index < -0.39 is 0 Å². The van der Waals surface area contributed by atoms with Gasteiger partial charge in [-0.2, -0.15) is 0 Å². The van der Waals surface area contributed by atoms with Crippen LogP contribution >= 0.6 is 0 Å². The molecule has 4 nitrogen and oxygen atoms in total. The number of ether oxygens (including phenoxy) is 1. The van der Waals surface area contributed by atoms with E-state index in [1.165, 1.54) is 23.6 Å². The summed E-state index contributed by atoms with van der Waals surface area (Å²) in [4.78, 5) is 19.3. The number of aromatic nitrogens is 2. The third-order valence-corrected chi connectivity index (χ3v) is 4.02. The molecule has 2 aromatic heterocycles. The van der Waals surface area contributed by atoms with Crippen molar-refractivity contribution < 1.29 is 9.53 Å². The van der Waals surface area contributed by atoms with E-state index in [0.29, 0.717) is 6.42 Å². The first-order chi connectivity index (χ1) is 11.2. The zero-order valence-electron chi connectivity index (χ0n) is 13.4. The largest absolute Gasteiger partial charge is 0.469 e. The maximum absolute atomic E-state index is 11.4. The number of pyridine rings is 1. The van der Waals surface area contributed by atoms with Gasteiger partial charge in [-0.25, -0.2) is 0 Å². The van der Waals surface area contributed by atoms with Gasteiger partial charge in [0, 0.05) is 23.5 Å². The number of methoxy groups -OCH3 is 1. The van der Waals surface area contributed by atoms with E-state index in [9.17, 15) is 4.79 Å². The van der Waals surface area contributed by atoms with Crippen LogP contribution in [0.25, 0.3) is 22.3 Å². The molecule has 0 aliphatic rings. The number of hydrogen-bond donors (Lipinski definition) is 1. The molecular weight excluding hydrogens is 288 g/mol. The van der Waals surface area contributed by atoms with Gasteiger partial charge in [0.2, 0.25) is 0 Å². The summed E-state index contributed by atoms with van der Waals surface area (Å²) in [6.07, 6.45) is 3.79. The number of fused-ring (bicyclic) bond motifs is 1. The molecule has 3 aromatic rings. The summed E-state index contributed by atoms with van der Waals surface area (Å²) < 4.78 is 4.73. The molecule has 0 radical (unpaired) electrons. The summed E-state index contributed by atoms with van der Waals surface area (Å²) in [6, 6.07) is 12.3. The van der Waals surface area contributed by atoms with Gasteiger partial charge >= 0.3 is 5.97 Å². The second-order valence-corrected chi connectivity index (χ2v) is 5.67. The number of aryl methyl sites for hydroxylation is 2. The quantitative estimate of drug-likeness (QED) is 0.724. The number of esters is 1. The smallest absolute Gasteiger partial charge is 0.305 e. The van der Waals surface area contributed by atoms with Crippen LogP contribution in [-0.2, 0) is 16.0 Å². The number of nitrogens with one attached hydrogen (secondary N) is 1. The molecule has 0 bridgehead atoms. The molecule has 0 spiro atoms. The Morgan fingerprint density at radius 3 is 2.87 bits per heavy atom. The molecule has 0 atom stereocenters. The molecule has 3 rings (SSSR count). The third kappa shape index (κ3) is 3.26. The predicted molar refractivity (Wildman–Crippen MR) is 91.2 cm³/mol. The molecule has 0 aliphatic heterocycles. The number of H-pyrrole nitrogens is 1. The molecule has 0 fully saturated rings. The fraction of sp³-hybridized carbons (Fsp3) is 0.263. The van der Waals surface area contributed by atoms with Crippen LogP contribution in [0.2, 0.25) is 0 Å². The van der Waals surface area contributed by atoms with Gasteiger partial charge in [0.25, 0.3) is 0 Å². The zero-order valence-corrected chi connectivity index (χ0v) is 13.4. The van der Waals surface area contributed by atoms with E-state index in [2.05, 4.69) is 35.1 Å². The predicted octanol–water partition coefficient (Wildman–Crippen LogP) is 4.03. The lowest BCUT2D eigenvalue weighted by molar-refractivity contribution is -0.140. The van der Waals surface area contributed by atoms with Gasteiger partial charge in [0.15, 0.2) is 0 Å². The number of carbonyl (C=O) groups is 1. The minimum atomic E-state index is -0.166. The Hall–Kier alpha value is -2.62. The zero-order chi connectivity index (χ0) is 16.2. The summed E-state index contributed by atoms with van der Waals surface area (Å²) in [5.74, 6) is -0.166. The number of hydrogen-bond acceptors (Lipinski definition) is 3. The summed E-state index contributed by atoms with van der Waals surface area (Å²) in [7, 11) is 1.43. The van der Waals surface area contributed by atoms with Crippen molar-refractivity contribution in [1.82, 2.24) is 9.97 Å². The van der Waals surface area contributed by atoms with Gasteiger partial charge in [-0.15, -0.1) is 0 Å². The van der Waals surface area contributed by atoms with Gasteiger partial charge < -0.3 is 9.72 Å². The highest BCUT2D eigenvalue weighted by atomic mass is 16.5. The minimum absolute atomic E-state index is 0.166. The Morgan fingerprint density at radius 2 is 2.13 bits per heavy atom. The maximum atomic E-state index is 11.4. The monoisotopic (exact) mass is 308 g/mol. The van der Waals surface area contributed by atoms with E-state index >= 15 is 0 Å². The molecule has 0 amide bonds. The summed E-state index contributed by atoms with van der Waals surface area (Å²) in [6.45, 7) is 2.09. The third-order valence-electron chi connectivity index (χ3n) is 4.02. The van der Waals surface area contributed by atoms with Crippen molar-refractivity contribution in [1.29, 1.82) is 0 Å². The molecule has 118 valence electrons. The van der Waals surface area contributed by atoms with E-state index in [0.717, 1.165) is 29.7 Å². The average Bonchev–Trinajstić information content (AvgIpc) is 2.93. The van der Waals surface area contributed by atoms with Gasteiger partial charge in [0.05, 0.1) is 18.5 Å². The molecule has 2 heterocycles. The lowest BCUT2D eigenvalue weighted by Gasteiger charge is -2.05. The van der Waals surface area contributed by atoms with Crippen molar-refractivity contribution in [2.24, 2.45) is 0 Å². The average molecular weight is 308 g/mol. The SMILES string of the molecule is COC(=O)CCCc1c(-c2ccccn2)[nH]c2ccc(C)cc12. The highest BCUT2D eigenvalue weighted by molar-refractivity contribution is 5.90. The van der Waals surface area contributed by atoms with Crippen molar-refractivity contribution in [3.63, 3.8) is 0 Å². The fourth-order valence-corrected chi connectivity index (χ4v) is 2.86. The maximum Gasteiger partial charge on any atom is 0.305 e. The van der Waals surface area contributed by atoms with Crippen LogP contribution in [0.5, 0.6) is 0 Å². The summed E-state index contributed by atoms with van der Waals surface area (Å²) >= 11 is 0. The highest BCUT2D eigenvalue weighted by Crippen LogP contribution is 2.31. The first-order valence-electron chi connectivity index (χ1n) is 7.78. The van der Waals surface area contributed by atoms with Crippen LogP contribution in [0.15, 0.2) is 42.6 Å². The topological polar surface area (TPSA) is 55.0 Å². The lowest BCUT2D eigenvalue weighted by atomic mass is 10.0. The van der Waals surface area contributed by atoms with Gasteiger partial charge in [-0.1, -0.05) is 17.7 Å². The van der Waals surface area contributed by atoms with Crippen molar-refractivity contribution in [3.8, 4) is 11.4 Å². The van der Waals surface area contributed by atoms with Crippen LogP contribution in [0.1, 0.15) is 24.0 Å². The van der Waals surface area contributed by atoms with E-state index in [1.807, 2.05) is 18.2 Å². The van der Waals surface area contributed by atoms with E-state index in [4.69, 9.17) is 4.74 Å². The summed E-state index contributed by atoms with van der Waals surface area (Å²) in [5.41, 5.74) is 5.50. The molecule has 0 aliphatic carbocycles. The van der Waals surface area contributed by atoms with Crippen LogP contribution < -0.4 is 0 Å². The van der Waals surface area contributed by atoms with Crippen LogP contribution in [0, 0.1) is 6.92 Å². The number of carbonyl (C=O) groups excluding carboxylic acids is 1. The Bertz CT molecular complexity index is 822. The lowest BCUT2D eigenvalue weighted by Crippen LogP contribution is -2.01. The molecule has 0 saturated heterocycles. The van der Waals surface area contributed by atoms with Crippen molar-refractivity contribution in [2.45, 2.75) is 26.2 Å². The Kier molecular flexibility index (Phi) is 4.42. The van der Waals surface area contributed by atoms with Crippen LogP contribution in [0.3, 0.4) is 0 Å². The van der Waals surface area contributed by atoms with Crippen molar-refractivity contribution in [2.75, 3.05) is 7.11 Å². The van der Waals surface area contributed by atoms with Gasteiger partial charge in [0.1, 0.15) is 0 Å². The molecule has 1 aromatic carbocycles. The normalized spacial score (nSPS) is 10.9. The number of benzene rings is 1. The number of nitrogens with zero attached hydrogens (tertiary/aromatic N) is 1. The molecular formula is C19H20N2O2. The minimum Gasteiger partial charge on any atom is -0.469 e. The first kappa shape index (κ1) is 15.3. The molecule has 0 unspecified atom stereocenters. The number of aromatic amines is 1. The highest BCUT2D eigenvalue weighted by Gasteiger charge is 2.14. The van der Waals surface area contributed by atoms with E-state index in [-0.39, 0.29) is 5.97 Å². The van der Waals surface area contributed by atoms with Crippen molar-refractivity contribution >= 4 is 16.9 Å². The van der Waals surface area contributed by atoms with Crippen LogP contribution in [-0.4, -0.2) is 23.0 Å². The van der Waals surface area contributed by atoms with Crippen LogP contribution in [0.4, 0.5) is 0 Å². The van der Waals surface area contributed by atoms with Gasteiger partial charge in [-0.3, -0.25) is 9.78 Å². The second-order valence-electron chi connectivity index (χ2n) is 5.67. The molecule has 1 N–H and O–H groups in total. The number of rotatable bonds is 5. The summed E-state index contributed by atoms with van der Waals surface area (Å²) in [5, 5.41) is 1.20.